The summed E-state index contributed by atoms with van der Waals surface area (Å²) in [6, 6.07) is 2.06. The molecule has 2 aromatic heterocycles. The SMILES string of the molecule is Cc1cc(N2CCN(c3ncnc4c3CCCC4)CC2)ncn1. The van der Waals surface area contributed by atoms with E-state index in [-0.39, 0.29) is 0 Å². The molecule has 23 heavy (non-hydrogen) atoms. The first-order chi connectivity index (χ1) is 11.3. The summed E-state index contributed by atoms with van der Waals surface area (Å²) >= 11 is 0. The van der Waals surface area contributed by atoms with Crippen LogP contribution in [0.3, 0.4) is 0 Å². The lowest BCUT2D eigenvalue weighted by Gasteiger charge is -2.37. The highest BCUT2D eigenvalue weighted by Gasteiger charge is 2.24. The largest absolute Gasteiger partial charge is 0.353 e. The third-order valence-electron chi connectivity index (χ3n) is 4.79. The number of anilines is 2. The monoisotopic (exact) mass is 310 g/mol. The zero-order chi connectivity index (χ0) is 15.6. The molecule has 0 atom stereocenters. The summed E-state index contributed by atoms with van der Waals surface area (Å²) in [5, 5.41) is 0. The van der Waals surface area contributed by atoms with Crippen molar-refractivity contribution in [2.45, 2.75) is 32.6 Å². The lowest BCUT2D eigenvalue weighted by molar-refractivity contribution is 0.619. The van der Waals surface area contributed by atoms with Crippen LogP contribution in [0.25, 0.3) is 0 Å². The summed E-state index contributed by atoms with van der Waals surface area (Å²) in [5.41, 5.74) is 3.66. The molecule has 0 spiro atoms. The summed E-state index contributed by atoms with van der Waals surface area (Å²) in [6.45, 7) is 5.90. The zero-order valence-corrected chi connectivity index (χ0v) is 13.6. The second-order valence-corrected chi connectivity index (χ2v) is 6.32. The maximum atomic E-state index is 4.60. The van der Waals surface area contributed by atoms with Gasteiger partial charge in [0, 0.05) is 49.2 Å². The van der Waals surface area contributed by atoms with Gasteiger partial charge in [0.05, 0.1) is 0 Å². The Balaban J connectivity index is 1.50. The van der Waals surface area contributed by atoms with E-state index >= 15 is 0 Å². The molecule has 0 radical (unpaired) electrons. The van der Waals surface area contributed by atoms with Crippen LogP contribution in [0.2, 0.25) is 0 Å². The molecule has 0 N–H and O–H groups in total. The van der Waals surface area contributed by atoms with Crippen LogP contribution in [0.5, 0.6) is 0 Å². The number of aryl methyl sites for hydroxylation is 2. The van der Waals surface area contributed by atoms with Gasteiger partial charge in [-0.1, -0.05) is 0 Å². The van der Waals surface area contributed by atoms with Gasteiger partial charge in [0.25, 0.3) is 0 Å². The van der Waals surface area contributed by atoms with Gasteiger partial charge in [-0.25, -0.2) is 19.9 Å². The van der Waals surface area contributed by atoms with Gasteiger partial charge in [-0.2, -0.15) is 0 Å². The molecule has 1 aliphatic heterocycles. The standard InChI is InChI=1S/C17H22N6/c1-13-10-16(20-11-18-13)22-6-8-23(9-7-22)17-14-4-2-3-5-15(14)19-12-21-17/h10-12H,2-9H2,1H3. The number of hydrogen-bond acceptors (Lipinski definition) is 6. The summed E-state index contributed by atoms with van der Waals surface area (Å²) in [4.78, 5) is 22.4. The van der Waals surface area contributed by atoms with Crippen molar-refractivity contribution in [1.82, 2.24) is 19.9 Å². The van der Waals surface area contributed by atoms with Crippen molar-refractivity contribution in [3.63, 3.8) is 0 Å². The van der Waals surface area contributed by atoms with Crippen LogP contribution < -0.4 is 9.80 Å². The van der Waals surface area contributed by atoms with Crippen LogP contribution in [0.15, 0.2) is 18.7 Å². The van der Waals surface area contributed by atoms with Crippen molar-refractivity contribution in [1.29, 1.82) is 0 Å². The average molecular weight is 310 g/mol. The van der Waals surface area contributed by atoms with Gasteiger partial charge in [-0.05, 0) is 32.6 Å². The van der Waals surface area contributed by atoms with E-state index in [0.717, 1.165) is 56.4 Å². The van der Waals surface area contributed by atoms with E-state index in [4.69, 9.17) is 0 Å². The highest BCUT2D eigenvalue weighted by Crippen LogP contribution is 2.28. The summed E-state index contributed by atoms with van der Waals surface area (Å²) in [5.74, 6) is 2.19. The summed E-state index contributed by atoms with van der Waals surface area (Å²) in [6.07, 6.45) is 8.12. The molecule has 2 aliphatic rings. The van der Waals surface area contributed by atoms with Crippen LogP contribution in [0.1, 0.15) is 29.8 Å². The lowest BCUT2D eigenvalue weighted by Crippen LogP contribution is -2.47. The molecule has 1 aliphatic carbocycles. The second-order valence-electron chi connectivity index (χ2n) is 6.32. The fourth-order valence-electron chi connectivity index (χ4n) is 3.54. The second kappa shape index (κ2) is 6.10. The molecule has 0 saturated carbocycles. The lowest BCUT2D eigenvalue weighted by atomic mass is 9.96. The number of fused-ring (bicyclic) bond motifs is 1. The fraction of sp³-hybridized carbons (Fsp3) is 0.529. The Morgan fingerprint density at radius 2 is 1.57 bits per heavy atom. The molecule has 0 unspecified atom stereocenters. The van der Waals surface area contributed by atoms with Gasteiger partial charge in [-0.15, -0.1) is 0 Å². The molecule has 3 heterocycles. The highest BCUT2D eigenvalue weighted by atomic mass is 15.3. The van der Waals surface area contributed by atoms with E-state index in [2.05, 4.69) is 35.8 Å². The molecule has 1 saturated heterocycles. The van der Waals surface area contributed by atoms with Gasteiger partial charge < -0.3 is 9.80 Å². The molecule has 0 amide bonds. The molecule has 0 bridgehead atoms. The van der Waals surface area contributed by atoms with E-state index < -0.39 is 0 Å². The van der Waals surface area contributed by atoms with Gasteiger partial charge in [0.15, 0.2) is 0 Å². The van der Waals surface area contributed by atoms with Crippen LogP contribution in [0, 0.1) is 6.92 Å². The van der Waals surface area contributed by atoms with E-state index in [9.17, 15) is 0 Å². The Bertz CT molecular complexity index is 693. The smallest absolute Gasteiger partial charge is 0.135 e. The Kier molecular flexibility index (Phi) is 3.81. The molecule has 6 nitrogen and oxygen atoms in total. The number of piperazine rings is 1. The van der Waals surface area contributed by atoms with E-state index in [1.807, 2.05) is 6.92 Å². The Labute approximate surface area is 136 Å². The summed E-state index contributed by atoms with van der Waals surface area (Å²) < 4.78 is 0. The third kappa shape index (κ3) is 2.85. The van der Waals surface area contributed by atoms with Crippen LogP contribution >= 0.6 is 0 Å². The number of rotatable bonds is 2. The van der Waals surface area contributed by atoms with E-state index in [0.29, 0.717) is 0 Å². The predicted octanol–water partition coefficient (Wildman–Crippen LogP) is 1.78. The van der Waals surface area contributed by atoms with Crippen molar-refractivity contribution < 1.29 is 0 Å². The quantitative estimate of drug-likeness (QED) is 0.843. The third-order valence-corrected chi connectivity index (χ3v) is 4.79. The van der Waals surface area contributed by atoms with Crippen molar-refractivity contribution >= 4 is 11.6 Å². The van der Waals surface area contributed by atoms with Crippen molar-refractivity contribution in [2.24, 2.45) is 0 Å². The maximum absolute atomic E-state index is 4.60. The average Bonchev–Trinajstić information content (AvgIpc) is 2.61. The molecule has 1 fully saturated rings. The number of hydrogen-bond donors (Lipinski definition) is 0. The molecular formula is C17H22N6. The minimum absolute atomic E-state index is 0.967. The van der Waals surface area contributed by atoms with Crippen LogP contribution in [0.4, 0.5) is 11.6 Å². The summed E-state index contributed by atoms with van der Waals surface area (Å²) in [7, 11) is 0. The minimum Gasteiger partial charge on any atom is -0.353 e. The van der Waals surface area contributed by atoms with Gasteiger partial charge in [0.2, 0.25) is 0 Å². The minimum atomic E-state index is 0.967. The van der Waals surface area contributed by atoms with Gasteiger partial charge in [0.1, 0.15) is 24.3 Å². The fourth-order valence-corrected chi connectivity index (χ4v) is 3.54. The van der Waals surface area contributed by atoms with E-state index in [1.165, 1.54) is 24.1 Å². The highest BCUT2D eigenvalue weighted by molar-refractivity contribution is 5.51. The van der Waals surface area contributed by atoms with Crippen molar-refractivity contribution in [3.05, 3.63) is 35.7 Å². The molecule has 0 aromatic carbocycles. The Morgan fingerprint density at radius 1 is 0.826 bits per heavy atom. The first kappa shape index (κ1) is 14.4. The normalized spacial score (nSPS) is 18.0. The first-order valence-corrected chi connectivity index (χ1v) is 8.42. The van der Waals surface area contributed by atoms with Crippen LogP contribution in [-0.4, -0.2) is 46.1 Å². The molecule has 6 heteroatoms. The first-order valence-electron chi connectivity index (χ1n) is 8.42. The molecular weight excluding hydrogens is 288 g/mol. The number of aromatic nitrogens is 4. The molecule has 120 valence electrons. The Hall–Kier alpha value is -2.24. The van der Waals surface area contributed by atoms with E-state index in [1.54, 1.807) is 12.7 Å². The van der Waals surface area contributed by atoms with Crippen molar-refractivity contribution in [3.8, 4) is 0 Å². The van der Waals surface area contributed by atoms with Crippen LogP contribution in [-0.2, 0) is 12.8 Å². The molecule has 2 aromatic rings. The Morgan fingerprint density at radius 3 is 2.39 bits per heavy atom. The van der Waals surface area contributed by atoms with Gasteiger partial charge >= 0.3 is 0 Å². The zero-order valence-electron chi connectivity index (χ0n) is 13.6. The van der Waals surface area contributed by atoms with Gasteiger partial charge in [-0.3, -0.25) is 0 Å². The topological polar surface area (TPSA) is 58.0 Å². The van der Waals surface area contributed by atoms with Crippen molar-refractivity contribution in [2.75, 3.05) is 36.0 Å². The number of nitrogens with zero attached hydrogens (tertiary/aromatic N) is 6. The molecule has 4 rings (SSSR count). The maximum Gasteiger partial charge on any atom is 0.135 e. The predicted molar refractivity (Wildman–Crippen MR) is 89.9 cm³/mol.